The molecule has 1 fully saturated rings. The molecule has 0 saturated carbocycles. The number of carbonyl (C=O) groups excluding carboxylic acids is 2. The van der Waals surface area contributed by atoms with Crippen molar-refractivity contribution in [2.24, 2.45) is 0 Å². The Balaban J connectivity index is 1.32. The number of nitrogens with zero attached hydrogens (tertiary/aromatic N) is 2. The van der Waals surface area contributed by atoms with Gasteiger partial charge in [0.2, 0.25) is 0 Å². The minimum atomic E-state index is -0.252. The van der Waals surface area contributed by atoms with Gasteiger partial charge >= 0.3 is 0 Å². The largest absolute Gasteiger partial charge is 0.381 e. The number of aromatic amines is 1. The van der Waals surface area contributed by atoms with Crippen molar-refractivity contribution in [3.8, 4) is 11.1 Å². The van der Waals surface area contributed by atoms with Crippen LogP contribution in [0.25, 0.3) is 22.0 Å². The molecule has 3 N–H and O–H groups in total. The summed E-state index contributed by atoms with van der Waals surface area (Å²) in [6.07, 6.45) is 5.79. The molecule has 0 bridgehead atoms. The van der Waals surface area contributed by atoms with Crippen LogP contribution >= 0.6 is 0 Å². The molecule has 2 amide bonds. The normalized spacial score (nSPS) is 14.9. The highest BCUT2D eigenvalue weighted by atomic mass is 16.5. The quantitative estimate of drug-likeness (QED) is 0.361. The third kappa shape index (κ3) is 5.28. The Kier molecular flexibility index (Phi) is 7.04. The van der Waals surface area contributed by atoms with Crippen LogP contribution in [-0.2, 0) is 4.74 Å². The average Bonchev–Trinajstić information content (AvgIpc) is 3.40. The van der Waals surface area contributed by atoms with Crippen molar-refractivity contribution < 1.29 is 14.3 Å². The SMILES string of the molecule is CC[C@@H](NC(=O)c1ccc2[nH]ncc2c1)c1cc(-c2cccc(C(=O)NC3CCOCC3)c2)ccn1. The molecule has 8 heteroatoms. The monoisotopic (exact) mass is 483 g/mol. The van der Waals surface area contributed by atoms with Gasteiger partial charge in [0.25, 0.3) is 11.8 Å². The summed E-state index contributed by atoms with van der Waals surface area (Å²) >= 11 is 0. The number of hydrogen-bond acceptors (Lipinski definition) is 5. The molecular formula is C28H29N5O3. The van der Waals surface area contributed by atoms with Gasteiger partial charge in [-0.3, -0.25) is 19.7 Å². The van der Waals surface area contributed by atoms with Gasteiger partial charge in [0, 0.05) is 42.0 Å². The number of ether oxygens (including phenoxy) is 1. The number of fused-ring (bicyclic) bond motifs is 1. The molecule has 5 rings (SSSR count). The van der Waals surface area contributed by atoms with Gasteiger partial charge in [-0.15, -0.1) is 0 Å². The predicted molar refractivity (Wildman–Crippen MR) is 138 cm³/mol. The van der Waals surface area contributed by atoms with E-state index in [9.17, 15) is 9.59 Å². The molecular weight excluding hydrogens is 454 g/mol. The molecule has 1 aliphatic rings. The van der Waals surface area contributed by atoms with E-state index in [0.29, 0.717) is 30.8 Å². The Labute approximate surface area is 209 Å². The Morgan fingerprint density at radius 2 is 1.83 bits per heavy atom. The average molecular weight is 484 g/mol. The molecule has 1 saturated heterocycles. The molecule has 0 unspecified atom stereocenters. The summed E-state index contributed by atoms with van der Waals surface area (Å²) in [4.78, 5) is 30.3. The number of H-pyrrole nitrogens is 1. The molecule has 36 heavy (non-hydrogen) atoms. The molecule has 1 atom stereocenters. The van der Waals surface area contributed by atoms with E-state index < -0.39 is 0 Å². The van der Waals surface area contributed by atoms with E-state index >= 15 is 0 Å². The summed E-state index contributed by atoms with van der Waals surface area (Å²) in [7, 11) is 0. The summed E-state index contributed by atoms with van der Waals surface area (Å²) in [5.41, 5.74) is 4.70. The van der Waals surface area contributed by atoms with Crippen molar-refractivity contribution in [2.75, 3.05) is 13.2 Å². The predicted octanol–water partition coefficient (Wildman–Crippen LogP) is 4.41. The molecule has 0 aliphatic carbocycles. The maximum atomic E-state index is 13.0. The number of benzene rings is 2. The highest BCUT2D eigenvalue weighted by molar-refractivity contribution is 5.98. The van der Waals surface area contributed by atoms with Gasteiger partial charge in [-0.2, -0.15) is 5.10 Å². The molecule has 0 spiro atoms. The van der Waals surface area contributed by atoms with E-state index in [4.69, 9.17) is 4.74 Å². The fraction of sp³-hybridized carbons (Fsp3) is 0.286. The molecule has 2 aromatic heterocycles. The first-order valence-electron chi connectivity index (χ1n) is 12.3. The topological polar surface area (TPSA) is 109 Å². The molecule has 184 valence electrons. The number of hydrogen-bond donors (Lipinski definition) is 3. The molecule has 2 aromatic carbocycles. The second-order valence-corrected chi connectivity index (χ2v) is 9.02. The lowest BCUT2D eigenvalue weighted by atomic mass is 10.0. The lowest BCUT2D eigenvalue weighted by molar-refractivity contribution is 0.0696. The summed E-state index contributed by atoms with van der Waals surface area (Å²) in [5.74, 6) is -0.241. The van der Waals surface area contributed by atoms with Gasteiger partial charge < -0.3 is 15.4 Å². The van der Waals surface area contributed by atoms with Crippen LogP contribution in [0.15, 0.2) is 67.0 Å². The van der Waals surface area contributed by atoms with E-state index in [2.05, 4.69) is 25.8 Å². The maximum Gasteiger partial charge on any atom is 0.251 e. The summed E-state index contributed by atoms with van der Waals surface area (Å²) in [6.45, 7) is 3.37. The smallest absolute Gasteiger partial charge is 0.251 e. The van der Waals surface area contributed by atoms with E-state index in [-0.39, 0.29) is 23.9 Å². The van der Waals surface area contributed by atoms with Crippen LogP contribution in [0.4, 0.5) is 0 Å². The minimum absolute atomic E-state index is 0.0775. The Morgan fingerprint density at radius 1 is 1.03 bits per heavy atom. The van der Waals surface area contributed by atoms with Crippen molar-refractivity contribution in [3.05, 3.63) is 83.8 Å². The molecule has 0 radical (unpaired) electrons. The van der Waals surface area contributed by atoms with Crippen LogP contribution in [0, 0.1) is 0 Å². The van der Waals surface area contributed by atoms with E-state index in [0.717, 1.165) is 40.6 Å². The number of nitrogens with one attached hydrogen (secondary N) is 3. The first-order chi connectivity index (χ1) is 17.6. The molecule has 1 aliphatic heterocycles. The van der Waals surface area contributed by atoms with Crippen LogP contribution in [-0.4, -0.2) is 46.3 Å². The third-order valence-corrected chi connectivity index (χ3v) is 6.57. The van der Waals surface area contributed by atoms with Crippen molar-refractivity contribution >= 4 is 22.7 Å². The van der Waals surface area contributed by atoms with Gasteiger partial charge in [-0.1, -0.05) is 19.1 Å². The second-order valence-electron chi connectivity index (χ2n) is 9.02. The Morgan fingerprint density at radius 3 is 2.67 bits per heavy atom. The first-order valence-corrected chi connectivity index (χ1v) is 12.3. The van der Waals surface area contributed by atoms with Gasteiger partial charge in [0.05, 0.1) is 23.4 Å². The molecule has 3 heterocycles. The van der Waals surface area contributed by atoms with Crippen LogP contribution in [0.5, 0.6) is 0 Å². The zero-order chi connectivity index (χ0) is 24.9. The number of aromatic nitrogens is 3. The van der Waals surface area contributed by atoms with E-state index in [1.54, 1.807) is 18.5 Å². The van der Waals surface area contributed by atoms with Crippen LogP contribution in [0.1, 0.15) is 58.6 Å². The van der Waals surface area contributed by atoms with Crippen molar-refractivity contribution in [1.82, 2.24) is 25.8 Å². The van der Waals surface area contributed by atoms with Crippen molar-refractivity contribution in [1.29, 1.82) is 0 Å². The Bertz CT molecular complexity index is 1380. The van der Waals surface area contributed by atoms with Crippen LogP contribution in [0.3, 0.4) is 0 Å². The van der Waals surface area contributed by atoms with Crippen molar-refractivity contribution in [2.45, 2.75) is 38.3 Å². The lowest BCUT2D eigenvalue weighted by Crippen LogP contribution is -2.38. The Hall–Kier alpha value is -4.04. The lowest BCUT2D eigenvalue weighted by Gasteiger charge is -2.23. The van der Waals surface area contributed by atoms with Gasteiger partial charge in [0.15, 0.2) is 0 Å². The summed E-state index contributed by atoms with van der Waals surface area (Å²) in [5, 5.41) is 14.0. The molecule has 8 nitrogen and oxygen atoms in total. The first kappa shape index (κ1) is 23.7. The van der Waals surface area contributed by atoms with Crippen LogP contribution < -0.4 is 10.6 Å². The fourth-order valence-electron chi connectivity index (χ4n) is 4.48. The number of amides is 2. The standard InChI is InChI=1S/C28H29N5O3/c1-2-24(32-28(35)21-6-7-25-22(15-21)17-30-33-25)26-16-19(8-11-29-26)18-4-3-5-20(14-18)27(34)31-23-9-12-36-13-10-23/h3-8,11,14-17,23-24H,2,9-10,12-13H2,1H3,(H,30,33)(H,31,34)(H,32,35)/t24-/m1/s1. The van der Waals surface area contributed by atoms with Gasteiger partial charge in [0.1, 0.15) is 0 Å². The summed E-state index contributed by atoms with van der Waals surface area (Å²) < 4.78 is 5.38. The fourth-order valence-corrected chi connectivity index (χ4v) is 4.48. The van der Waals surface area contributed by atoms with E-state index in [1.165, 1.54) is 0 Å². The zero-order valence-electron chi connectivity index (χ0n) is 20.2. The highest BCUT2D eigenvalue weighted by Crippen LogP contribution is 2.25. The number of rotatable bonds is 7. The second kappa shape index (κ2) is 10.7. The third-order valence-electron chi connectivity index (χ3n) is 6.57. The van der Waals surface area contributed by atoms with Gasteiger partial charge in [-0.25, -0.2) is 0 Å². The van der Waals surface area contributed by atoms with Crippen molar-refractivity contribution in [3.63, 3.8) is 0 Å². The minimum Gasteiger partial charge on any atom is -0.381 e. The van der Waals surface area contributed by atoms with Crippen LogP contribution in [0.2, 0.25) is 0 Å². The highest BCUT2D eigenvalue weighted by Gasteiger charge is 2.19. The number of carbonyl (C=O) groups is 2. The van der Waals surface area contributed by atoms with E-state index in [1.807, 2.05) is 55.5 Å². The number of pyridine rings is 1. The molecule has 4 aromatic rings. The van der Waals surface area contributed by atoms with Gasteiger partial charge in [-0.05, 0) is 72.9 Å². The zero-order valence-corrected chi connectivity index (χ0v) is 20.2. The summed E-state index contributed by atoms with van der Waals surface area (Å²) in [6, 6.07) is 16.8. The maximum absolute atomic E-state index is 13.0.